The van der Waals surface area contributed by atoms with Gasteiger partial charge in [0.15, 0.2) is 5.79 Å². The minimum atomic E-state index is -0.464. The average molecular weight is 336 g/mol. The highest BCUT2D eigenvalue weighted by molar-refractivity contribution is 6.30. The quantitative estimate of drug-likeness (QED) is 0.791. The van der Waals surface area contributed by atoms with Crippen LogP contribution in [0, 0.1) is 0 Å². The summed E-state index contributed by atoms with van der Waals surface area (Å²) >= 11 is 6.01. The summed E-state index contributed by atoms with van der Waals surface area (Å²) in [7, 11) is 0. The third-order valence-electron chi connectivity index (χ3n) is 4.59. The fraction of sp³-hybridized carbons (Fsp3) is 0.471. The Labute approximate surface area is 139 Å². The van der Waals surface area contributed by atoms with Crippen LogP contribution in [0.4, 0.5) is 0 Å². The molecule has 3 aliphatic heterocycles. The molecule has 0 N–H and O–H groups in total. The Hall–Kier alpha value is -1.56. The molecule has 2 saturated heterocycles. The zero-order valence-corrected chi connectivity index (χ0v) is 13.5. The molecule has 3 aliphatic rings. The van der Waals surface area contributed by atoms with Crippen molar-refractivity contribution in [3.63, 3.8) is 0 Å². The lowest BCUT2D eigenvalue weighted by atomic mass is 10.0. The maximum absolute atomic E-state index is 12.7. The Morgan fingerprint density at radius 1 is 1.17 bits per heavy atom. The lowest BCUT2D eigenvalue weighted by Crippen LogP contribution is -2.48. The number of hydrogen-bond acceptors (Lipinski definition) is 4. The number of ether oxygens (including phenoxy) is 3. The first-order chi connectivity index (χ1) is 11.2. The van der Waals surface area contributed by atoms with Gasteiger partial charge < -0.3 is 19.1 Å². The van der Waals surface area contributed by atoms with Crippen LogP contribution in [0.5, 0.6) is 5.75 Å². The molecule has 1 aromatic carbocycles. The van der Waals surface area contributed by atoms with Gasteiger partial charge in [-0.1, -0.05) is 11.6 Å². The minimum absolute atomic E-state index is 0.0171. The molecule has 6 heteroatoms. The largest absolute Gasteiger partial charge is 0.488 e. The van der Waals surface area contributed by atoms with Crippen LogP contribution < -0.4 is 4.74 Å². The summed E-state index contributed by atoms with van der Waals surface area (Å²) in [4.78, 5) is 14.6. The van der Waals surface area contributed by atoms with Crippen LogP contribution in [0.15, 0.2) is 23.8 Å². The summed E-state index contributed by atoms with van der Waals surface area (Å²) in [5.41, 5.74) is 1.51. The SMILES string of the molecule is O=C(C1=Cc2cc(Cl)ccc2OC1)N1CCC2(CC1)OCCO2. The molecule has 3 heterocycles. The van der Waals surface area contributed by atoms with Crippen molar-refractivity contribution in [1.82, 2.24) is 4.90 Å². The van der Waals surface area contributed by atoms with Crippen molar-refractivity contribution in [2.75, 3.05) is 32.9 Å². The van der Waals surface area contributed by atoms with Crippen molar-refractivity contribution >= 4 is 23.6 Å². The summed E-state index contributed by atoms with van der Waals surface area (Å²) in [5.74, 6) is 0.314. The summed E-state index contributed by atoms with van der Waals surface area (Å²) in [6, 6.07) is 5.43. The van der Waals surface area contributed by atoms with E-state index in [0.717, 1.165) is 24.2 Å². The van der Waals surface area contributed by atoms with Crippen LogP contribution in [0.3, 0.4) is 0 Å². The smallest absolute Gasteiger partial charge is 0.253 e. The van der Waals surface area contributed by atoms with Gasteiger partial charge in [0.1, 0.15) is 12.4 Å². The van der Waals surface area contributed by atoms with Crippen molar-refractivity contribution < 1.29 is 19.0 Å². The zero-order valence-electron chi connectivity index (χ0n) is 12.7. The van der Waals surface area contributed by atoms with Crippen molar-refractivity contribution in [2.24, 2.45) is 0 Å². The summed E-state index contributed by atoms with van der Waals surface area (Å²) < 4.78 is 17.1. The first-order valence-corrected chi connectivity index (χ1v) is 8.23. The molecule has 0 aliphatic carbocycles. The van der Waals surface area contributed by atoms with Gasteiger partial charge in [-0.3, -0.25) is 4.79 Å². The van der Waals surface area contributed by atoms with Gasteiger partial charge in [-0.15, -0.1) is 0 Å². The molecule has 2 fully saturated rings. The summed E-state index contributed by atoms with van der Waals surface area (Å²) in [6.07, 6.45) is 3.31. The van der Waals surface area contributed by atoms with E-state index < -0.39 is 5.79 Å². The topological polar surface area (TPSA) is 48.0 Å². The molecule has 0 saturated carbocycles. The van der Waals surface area contributed by atoms with E-state index in [9.17, 15) is 4.79 Å². The predicted molar refractivity (Wildman–Crippen MR) is 85.4 cm³/mol. The van der Waals surface area contributed by atoms with Gasteiger partial charge in [0, 0.05) is 36.5 Å². The monoisotopic (exact) mass is 335 g/mol. The Kier molecular flexibility index (Phi) is 3.79. The second-order valence-electron chi connectivity index (χ2n) is 6.04. The van der Waals surface area contributed by atoms with Gasteiger partial charge in [0.25, 0.3) is 5.91 Å². The van der Waals surface area contributed by atoms with Crippen molar-refractivity contribution in [3.8, 4) is 5.75 Å². The third kappa shape index (κ3) is 2.84. The molecule has 0 aromatic heterocycles. The number of fused-ring (bicyclic) bond motifs is 1. The highest BCUT2D eigenvalue weighted by atomic mass is 35.5. The van der Waals surface area contributed by atoms with Crippen LogP contribution in [0.1, 0.15) is 18.4 Å². The molecule has 0 radical (unpaired) electrons. The minimum Gasteiger partial charge on any atom is -0.488 e. The molecule has 23 heavy (non-hydrogen) atoms. The Bertz CT molecular complexity index is 657. The van der Waals surface area contributed by atoms with Crippen LogP contribution in [0.2, 0.25) is 5.02 Å². The van der Waals surface area contributed by atoms with Crippen LogP contribution in [-0.4, -0.2) is 49.5 Å². The van der Waals surface area contributed by atoms with E-state index in [2.05, 4.69) is 0 Å². The first kappa shape index (κ1) is 15.0. The maximum Gasteiger partial charge on any atom is 0.253 e. The molecule has 122 valence electrons. The molecule has 4 rings (SSSR count). The average Bonchev–Trinajstić information content (AvgIpc) is 3.02. The van der Waals surface area contributed by atoms with Crippen molar-refractivity contribution in [2.45, 2.75) is 18.6 Å². The van der Waals surface area contributed by atoms with Crippen molar-refractivity contribution in [1.29, 1.82) is 0 Å². The number of rotatable bonds is 1. The number of hydrogen-bond donors (Lipinski definition) is 0. The van der Waals surface area contributed by atoms with E-state index in [1.165, 1.54) is 0 Å². The highest BCUT2D eigenvalue weighted by Crippen LogP contribution is 2.33. The molecular weight excluding hydrogens is 318 g/mol. The number of piperidine rings is 1. The van der Waals surface area contributed by atoms with E-state index in [0.29, 0.717) is 43.5 Å². The van der Waals surface area contributed by atoms with E-state index in [-0.39, 0.29) is 5.91 Å². The van der Waals surface area contributed by atoms with E-state index >= 15 is 0 Å². The number of benzene rings is 1. The van der Waals surface area contributed by atoms with Gasteiger partial charge in [-0.25, -0.2) is 0 Å². The summed E-state index contributed by atoms with van der Waals surface area (Å²) in [5, 5.41) is 0.632. The second-order valence-corrected chi connectivity index (χ2v) is 6.48. The van der Waals surface area contributed by atoms with Gasteiger partial charge in [-0.2, -0.15) is 0 Å². The van der Waals surface area contributed by atoms with E-state index in [4.69, 9.17) is 25.8 Å². The number of nitrogens with zero attached hydrogens (tertiary/aromatic N) is 1. The van der Waals surface area contributed by atoms with Crippen LogP contribution >= 0.6 is 11.6 Å². The van der Waals surface area contributed by atoms with Gasteiger partial charge in [-0.05, 0) is 24.3 Å². The zero-order chi connectivity index (χ0) is 15.9. The third-order valence-corrected chi connectivity index (χ3v) is 4.82. The maximum atomic E-state index is 12.7. The van der Waals surface area contributed by atoms with Crippen LogP contribution in [0.25, 0.3) is 6.08 Å². The fourth-order valence-corrected chi connectivity index (χ4v) is 3.49. The highest BCUT2D eigenvalue weighted by Gasteiger charge is 2.41. The number of amides is 1. The molecule has 0 atom stereocenters. The molecule has 0 bridgehead atoms. The number of halogens is 1. The lowest BCUT2D eigenvalue weighted by Gasteiger charge is -2.38. The molecule has 1 amide bonds. The molecular formula is C17H18ClNO4. The Morgan fingerprint density at radius 3 is 2.65 bits per heavy atom. The Morgan fingerprint density at radius 2 is 1.91 bits per heavy atom. The Balaban J connectivity index is 1.47. The second kappa shape index (κ2) is 5.82. The van der Waals surface area contributed by atoms with Crippen molar-refractivity contribution in [3.05, 3.63) is 34.4 Å². The molecule has 5 nitrogen and oxygen atoms in total. The number of likely N-dealkylation sites (tertiary alicyclic amines) is 1. The first-order valence-electron chi connectivity index (χ1n) is 7.85. The number of carbonyl (C=O) groups excluding carboxylic acids is 1. The molecule has 1 aromatic rings. The van der Waals surface area contributed by atoms with Gasteiger partial charge in [0.2, 0.25) is 0 Å². The predicted octanol–water partition coefficient (Wildman–Crippen LogP) is 2.48. The van der Waals surface area contributed by atoms with Crippen LogP contribution in [-0.2, 0) is 14.3 Å². The standard InChI is InChI=1S/C17H18ClNO4/c18-14-1-2-15-12(10-14)9-13(11-21-15)16(20)19-5-3-17(4-6-19)22-7-8-23-17/h1-2,9-10H,3-8,11H2. The molecule has 0 unspecified atom stereocenters. The lowest BCUT2D eigenvalue weighted by molar-refractivity contribution is -0.186. The molecule has 1 spiro atoms. The summed E-state index contributed by atoms with van der Waals surface area (Å²) in [6.45, 7) is 2.86. The fourth-order valence-electron chi connectivity index (χ4n) is 3.31. The van der Waals surface area contributed by atoms with Gasteiger partial charge in [0.05, 0.1) is 18.8 Å². The van der Waals surface area contributed by atoms with Gasteiger partial charge >= 0.3 is 0 Å². The number of carbonyl (C=O) groups is 1. The van der Waals surface area contributed by atoms with E-state index in [1.807, 2.05) is 23.1 Å². The van der Waals surface area contributed by atoms with E-state index in [1.54, 1.807) is 6.07 Å². The normalized spacial score (nSPS) is 22.5.